The summed E-state index contributed by atoms with van der Waals surface area (Å²) in [4.78, 5) is 11.5. The number of carbonyl (C=O) groups excluding carboxylic acids is 1. The lowest BCUT2D eigenvalue weighted by molar-refractivity contribution is -0.115. The molecule has 0 saturated carbocycles. The van der Waals surface area contributed by atoms with Gasteiger partial charge < -0.3 is 5.41 Å². The van der Waals surface area contributed by atoms with E-state index in [1.165, 1.54) is 0 Å². The average Bonchev–Trinajstić information content (AvgIpc) is 2.30. The second-order valence-corrected chi connectivity index (χ2v) is 4.29. The van der Waals surface area contributed by atoms with E-state index >= 15 is 0 Å². The van der Waals surface area contributed by atoms with Crippen LogP contribution in [0.25, 0.3) is 0 Å². The van der Waals surface area contributed by atoms with E-state index in [0.29, 0.717) is 18.1 Å². The molecule has 0 aliphatic carbocycles. The highest BCUT2D eigenvalue weighted by atomic mass is 16.1. The molecule has 1 atom stereocenters. The molecule has 2 nitrogen and oxygen atoms in total. The Hall–Kier alpha value is -1.44. The third-order valence-corrected chi connectivity index (χ3v) is 2.44. The van der Waals surface area contributed by atoms with Crippen LogP contribution in [-0.2, 0) is 4.79 Å². The van der Waals surface area contributed by atoms with Gasteiger partial charge in [-0.15, -0.1) is 6.58 Å². The summed E-state index contributed by atoms with van der Waals surface area (Å²) in [5.41, 5.74) is 1.30. The predicted molar refractivity (Wildman–Crippen MR) is 81.2 cm³/mol. The molecule has 0 radical (unpaired) electrons. The van der Waals surface area contributed by atoms with E-state index in [0.717, 1.165) is 12.0 Å². The van der Waals surface area contributed by atoms with E-state index in [-0.39, 0.29) is 5.78 Å². The molecule has 0 aliphatic rings. The van der Waals surface area contributed by atoms with Gasteiger partial charge in [0.1, 0.15) is 0 Å². The van der Waals surface area contributed by atoms with E-state index in [4.69, 9.17) is 5.41 Å². The molecular formula is C16H27NO. The highest BCUT2D eigenvalue weighted by Crippen LogP contribution is 2.08. The standard InChI is InChI=1S/C13H21NO.C3H6/c1-5-10(3)9-13(15)8-7-12(6-2)11(4)14;1-3-2/h6-8,10,14H,5,9H2,1-4H3;3H,1H2,2H3/b8-7-,12-6-,14-11?;. The number of ketones is 1. The smallest absolute Gasteiger partial charge is 0.155 e. The molecule has 0 aromatic carbocycles. The van der Waals surface area contributed by atoms with Crippen LogP contribution >= 0.6 is 0 Å². The Labute approximate surface area is 112 Å². The van der Waals surface area contributed by atoms with Crippen LogP contribution in [0.4, 0.5) is 0 Å². The molecule has 2 heteroatoms. The quantitative estimate of drug-likeness (QED) is 0.314. The summed E-state index contributed by atoms with van der Waals surface area (Å²) < 4.78 is 0. The molecule has 0 rings (SSSR count). The summed E-state index contributed by atoms with van der Waals surface area (Å²) in [6, 6.07) is 0. The van der Waals surface area contributed by atoms with Crippen LogP contribution in [0.2, 0.25) is 0 Å². The number of hydrogen-bond donors (Lipinski definition) is 1. The monoisotopic (exact) mass is 249 g/mol. The average molecular weight is 249 g/mol. The van der Waals surface area contributed by atoms with Crippen molar-refractivity contribution in [3.8, 4) is 0 Å². The molecule has 18 heavy (non-hydrogen) atoms. The van der Waals surface area contributed by atoms with Crippen LogP contribution in [0, 0.1) is 11.3 Å². The molecule has 102 valence electrons. The topological polar surface area (TPSA) is 40.9 Å². The van der Waals surface area contributed by atoms with Crippen molar-refractivity contribution in [3.63, 3.8) is 0 Å². The van der Waals surface area contributed by atoms with Crippen molar-refractivity contribution in [2.45, 2.75) is 47.5 Å². The van der Waals surface area contributed by atoms with E-state index in [9.17, 15) is 4.79 Å². The minimum Gasteiger partial charge on any atom is -0.305 e. The van der Waals surface area contributed by atoms with Gasteiger partial charge in [0, 0.05) is 12.1 Å². The van der Waals surface area contributed by atoms with Crippen LogP contribution in [0.15, 0.2) is 36.5 Å². The lowest BCUT2D eigenvalue weighted by atomic mass is 10.0. The fourth-order valence-electron chi connectivity index (χ4n) is 1.18. The van der Waals surface area contributed by atoms with Gasteiger partial charge in [0.15, 0.2) is 5.78 Å². The highest BCUT2D eigenvalue weighted by Gasteiger charge is 2.04. The lowest BCUT2D eigenvalue weighted by Gasteiger charge is -2.04. The molecule has 0 spiro atoms. The highest BCUT2D eigenvalue weighted by molar-refractivity contribution is 6.00. The number of carbonyl (C=O) groups is 1. The largest absolute Gasteiger partial charge is 0.305 e. The molecule has 0 aromatic heterocycles. The van der Waals surface area contributed by atoms with Crippen molar-refractivity contribution in [2.24, 2.45) is 5.92 Å². The summed E-state index contributed by atoms with van der Waals surface area (Å²) >= 11 is 0. The lowest BCUT2D eigenvalue weighted by Crippen LogP contribution is -2.02. The summed E-state index contributed by atoms with van der Waals surface area (Å²) in [5, 5.41) is 7.44. The van der Waals surface area contributed by atoms with Gasteiger partial charge in [0.2, 0.25) is 0 Å². The third-order valence-electron chi connectivity index (χ3n) is 2.44. The van der Waals surface area contributed by atoms with E-state index in [1.807, 2.05) is 19.9 Å². The van der Waals surface area contributed by atoms with Gasteiger partial charge in [-0.2, -0.15) is 0 Å². The number of hydrogen-bond acceptors (Lipinski definition) is 2. The zero-order valence-corrected chi connectivity index (χ0v) is 12.4. The maximum atomic E-state index is 11.5. The summed E-state index contributed by atoms with van der Waals surface area (Å²) in [7, 11) is 0. The zero-order chi connectivity index (χ0) is 14.6. The van der Waals surface area contributed by atoms with Crippen LogP contribution in [0.5, 0.6) is 0 Å². The van der Waals surface area contributed by atoms with Gasteiger partial charge in [0.25, 0.3) is 0 Å². The van der Waals surface area contributed by atoms with E-state index in [2.05, 4.69) is 20.4 Å². The number of nitrogens with one attached hydrogen (secondary N) is 1. The first-order valence-electron chi connectivity index (χ1n) is 6.42. The van der Waals surface area contributed by atoms with Crippen LogP contribution in [0.3, 0.4) is 0 Å². The fourth-order valence-corrected chi connectivity index (χ4v) is 1.18. The fraction of sp³-hybridized carbons (Fsp3) is 0.500. The van der Waals surface area contributed by atoms with Gasteiger partial charge in [-0.25, -0.2) is 0 Å². The Bertz CT molecular complexity index is 324. The van der Waals surface area contributed by atoms with Crippen molar-refractivity contribution in [2.75, 3.05) is 0 Å². The minimum absolute atomic E-state index is 0.143. The van der Waals surface area contributed by atoms with E-state index in [1.54, 1.807) is 25.2 Å². The Morgan fingerprint density at radius 1 is 1.33 bits per heavy atom. The molecule has 1 unspecified atom stereocenters. The van der Waals surface area contributed by atoms with Crippen molar-refractivity contribution in [1.29, 1.82) is 5.41 Å². The molecule has 0 aliphatic heterocycles. The van der Waals surface area contributed by atoms with Crippen molar-refractivity contribution in [3.05, 3.63) is 36.5 Å². The first-order chi connectivity index (χ1) is 8.42. The molecule has 0 amide bonds. The van der Waals surface area contributed by atoms with Gasteiger partial charge in [0.05, 0.1) is 0 Å². The second-order valence-electron chi connectivity index (χ2n) is 4.29. The van der Waals surface area contributed by atoms with Crippen LogP contribution < -0.4 is 0 Å². The molecule has 0 heterocycles. The van der Waals surface area contributed by atoms with Gasteiger partial charge in [-0.3, -0.25) is 4.79 Å². The Balaban J connectivity index is 0. The normalized spacial score (nSPS) is 12.6. The first-order valence-corrected chi connectivity index (χ1v) is 6.42. The van der Waals surface area contributed by atoms with E-state index < -0.39 is 0 Å². The molecular weight excluding hydrogens is 222 g/mol. The molecule has 0 saturated heterocycles. The number of allylic oxidation sites excluding steroid dienone is 5. The van der Waals surface area contributed by atoms with Crippen molar-refractivity contribution < 1.29 is 4.79 Å². The Morgan fingerprint density at radius 2 is 1.83 bits per heavy atom. The number of rotatable bonds is 6. The van der Waals surface area contributed by atoms with Gasteiger partial charge in [-0.1, -0.05) is 32.4 Å². The van der Waals surface area contributed by atoms with Crippen molar-refractivity contribution >= 4 is 11.5 Å². The Kier molecular flexibility index (Phi) is 12.6. The van der Waals surface area contributed by atoms with Gasteiger partial charge >= 0.3 is 0 Å². The first kappa shape index (κ1) is 18.9. The summed E-state index contributed by atoms with van der Waals surface area (Å²) in [6.07, 6.45) is 8.53. The molecule has 0 aromatic rings. The molecule has 1 N–H and O–H groups in total. The SMILES string of the molecule is C/C=C(/C=C\C(=O)CC(C)CC)C(C)=N.C=CC. The zero-order valence-electron chi connectivity index (χ0n) is 12.4. The van der Waals surface area contributed by atoms with Gasteiger partial charge in [-0.05, 0) is 44.4 Å². The second kappa shape index (κ2) is 12.0. The van der Waals surface area contributed by atoms with Crippen LogP contribution in [0.1, 0.15) is 47.5 Å². The molecule has 0 bridgehead atoms. The van der Waals surface area contributed by atoms with Crippen LogP contribution in [-0.4, -0.2) is 11.5 Å². The predicted octanol–water partition coefficient (Wildman–Crippen LogP) is 4.73. The minimum atomic E-state index is 0.143. The Morgan fingerprint density at radius 3 is 2.17 bits per heavy atom. The maximum Gasteiger partial charge on any atom is 0.155 e. The maximum absolute atomic E-state index is 11.5. The summed E-state index contributed by atoms with van der Waals surface area (Å²) in [5.74, 6) is 0.585. The van der Waals surface area contributed by atoms with Crippen molar-refractivity contribution in [1.82, 2.24) is 0 Å². The third kappa shape index (κ3) is 11.1. The summed E-state index contributed by atoms with van der Waals surface area (Å²) in [6.45, 7) is 13.0. The molecule has 0 fully saturated rings.